The van der Waals surface area contributed by atoms with E-state index in [9.17, 15) is 36.6 Å². The number of hydrogen-bond donors (Lipinski definition) is 4. The molecule has 2 unspecified atom stereocenters. The molecule has 172 valence electrons. The fourth-order valence-corrected chi connectivity index (χ4v) is 3.38. The third-order valence-electron chi connectivity index (χ3n) is 4.94. The Morgan fingerprint density at radius 3 is 1.26 bits per heavy atom. The van der Waals surface area contributed by atoms with Gasteiger partial charge in [0, 0.05) is 11.1 Å². The van der Waals surface area contributed by atoms with Crippen molar-refractivity contribution in [2.45, 2.75) is 43.8 Å². The SMILES string of the molecule is CC(O)(c1cc(Cc2cc(Cl)c(N)c(C(C)(O)C(F)(F)F)c2)cc(Cl)c1N)C(F)(F)F. The van der Waals surface area contributed by atoms with Crippen LogP contribution in [0.4, 0.5) is 37.7 Å². The quantitative estimate of drug-likeness (QED) is 0.346. The maximum Gasteiger partial charge on any atom is 0.421 e. The van der Waals surface area contributed by atoms with Crippen LogP contribution in [0, 0.1) is 0 Å². The largest absolute Gasteiger partial charge is 0.421 e. The Hall–Kier alpha value is -1.88. The molecule has 0 amide bonds. The topological polar surface area (TPSA) is 92.5 Å². The summed E-state index contributed by atoms with van der Waals surface area (Å²) in [6.45, 7) is 0.995. The van der Waals surface area contributed by atoms with Crippen LogP contribution in [-0.2, 0) is 17.6 Å². The van der Waals surface area contributed by atoms with Crippen molar-refractivity contribution in [2.75, 3.05) is 11.5 Å². The Bertz CT molecular complexity index is 925. The number of anilines is 2. The minimum atomic E-state index is -5.08. The summed E-state index contributed by atoms with van der Waals surface area (Å²) in [6, 6.07) is 4.30. The lowest BCUT2D eigenvalue weighted by molar-refractivity contribution is -0.258. The van der Waals surface area contributed by atoms with Crippen molar-refractivity contribution < 1.29 is 36.6 Å². The van der Waals surface area contributed by atoms with E-state index in [-0.39, 0.29) is 27.6 Å². The second-order valence-electron chi connectivity index (χ2n) is 7.39. The van der Waals surface area contributed by atoms with E-state index in [0.717, 1.165) is 12.1 Å². The van der Waals surface area contributed by atoms with Crippen molar-refractivity contribution in [1.82, 2.24) is 0 Å². The molecule has 12 heteroatoms. The predicted octanol–water partition coefficient (Wildman–Crippen LogP) is 5.29. The lowest BCUT2D eigenvalue weighted by atomic mass is 9.88. The van der Waals surface area contributed by atoms with Crippen molar-refractivity contribution >= 4 is 34.6 Å². The van der Waals surface area contributed by atoms with Crippen LogP contribution in [0.2, 0.25) is 10.0 Å². The third-order valence-corrected chi connectivity index (χ3v) is 5.57. The molecule has 0 aliphatic heterocycles. The lowest BCUT2D eigenvalue weighted by Gasteiger charge is -2.29. The highest BCUT2D eigenvalue weighted by Crippen LogP contribution is 2.45. The lowest BCUT2D eigenvalue weighted by Crippen LogP contribution is -2.40. The number of rotatable bonds is 4. The van der Waals surface area contributed by atoms with Crippen LogP contribution in [0.5, 0.6) is 0 Å². The van der Waals surface area contributed by atoms with Crippen LogP contribution >= 0.6 is 23.2 Å². The molecule has 0 radical (unpaired) electrons. The second-order valence-corrected chi connectivity index (χ2v) is 8.21. The van der Waals surface area contributed by atoms with Gasteiger partial charge in [0.25, 0.3) is 0 Å². The molecule has 4 nitrogen and oxygen atoms in total. The molecule has 0 spiro atoms. The first kappa shape index (κ1) is 25.4. The van der Waals surface area contributed by atoms with Gasteiger partial charge in [-0.25, -0.2) is 0 Å². The Morgan fingerprint density at radius 1 is 0.710 bits per heavy atom. The summed E-state index contributed by atoms with van der Waals surface area (Å²) >= 11 is 11.8. The van der Waals surface area contributed by atoms with Gasteiger partial charge in [-0.1, -0.05) is 35.3 Å². The zero-order valence-electron chi connectivity index (χ0n) is 16.1. The monoisotopic (exact) mass is 490 g/mol. The van der Waals surface area contributed by atoms with Gasteiger partial charge in [-0.2, -0.15) is 26.3 Å². The van der Waals surface area contributed by atoms with Crippen LogP contribution in [-0.4, -0.2) is 22.6 Å². The van der Waals surface area contributed by atoms with E-state index in [2.05, 4.69) is 0 Å². The van der Waals surface area contributed by atoms with E-state index in [1.807, 2.05) is 0 Å². The van der Waals surface area contributed by atoms with Crippen molar-refractivity contribution in [3.63, 3.8) is 0 Å². The molecule has 2 rings (SSSR count). The normalized spacial score (nSPS) is 16.6. The van der Waals surface area contributed by atoms with Crippen LogP contribution in [0.15, 0.2) is 24.3 Å². The maximum atomic E-state index is 13.3. The van der Waals surface area contributed by atoms with Crippen molar-refractivity contribution in [2.24, 2.45) is 0 Å². The summed E-state index contributed by atoms with van der Waals surface area (Å²) in [4.78, 5) is 0. The molecule has 2 aromatic rings. The zero-order chi connectivity index (χ0) is 24.2. The van der Waals surface area contributed by atoms with Gasteiger partial charge in [-0.05, 0) is 43.5 Å². The van der Waals surface area contributed by atoms with Crippen LogP contribution in [0.3, 0.4) is 0 Å². The Morgan fingerprint density at radius 2 is 1.00 bits per heavy atom. The number of hydrogen-bond acceptors (Lipinski definition) is 4. The summed E-state index contributed by atoms with van der Waals surface area (Å²) in [7, 11) is 0. The summed E-state index contributed by atoms with van der Waals surface area (Å²) in [5.74, 6) is 0. The number of nitrogens with two attached hydrogens (primary N) is 2. The molecule has 0 heterocycles. The predicted molar refractivity (Wildman–Crippen MR) is 106 cm³/mol. The van der Waals surface area contributed by atoms with Crippen molar-refractivity contribution in [3.05, 3.63) is 56.6 Å². The molecule has 6 N–H and O–H groups in total. The van der Waals surface area contributed by atoms with Crippen LogP contribution in [0.25, 0.3) is 0 Å². The molecule has 2 atom stereocenters. The highest BCUT2D eigenvalue weighted by molar-refractivity contribution is 6.33. The molecule has 0 saturated heterocycles. The number of halogens is 8. The highest BCUT2D eigenvalue weighted by Gasteiger charge is 2.53. The smallest absolute Gasteiger partial charge is 0.397 e. The van der Waals surface area contributed by atoms with E-state index >= 15 is 0 Å². The molecule has 31 heavy (non-hydrogen) atoms. The van der Waals surface area contributed by atoms with E-state index in [1.165, 1.54) is 12.1 Å². The molecule has 0 aliphatic rings. The third kappa shape index (κ3) is 4.67. The van der Waals surface area contributed by atoms with Gasteiger partial charge in [0.15, 0.2) is 11.2 Å². The number of benzene rings is 2. The number of aliphatic hydroxyl groups is 2. The van der Waals surface area contributed by atoms with Gasteiger partial charge in [0.1, 0.15) is 0 Å². The molecular weight excluding hydrogens is 473 g/mol. The van der Waals surface area contributed by atoms with E-state index < -0.39 is 46.1 Å². The van der Waals surface area contributed by atoms with E-state index in [1.54, 1.807) is 0 Å². The van der Waals surface area contributed by atoms with Crippen molar-refractivity contribution in [1.29, 1.82) is 0 Å². The van der Waals surface area contributed by atoms with Crippen molar-refractivity contribution in [3.8, 4) is 0 Å². The molecule has 2 aromatic carbocycles. The molecule has 0 saturated carbocycles. The second kappa shape index (κ2) is 7.91. The van der Waals surface area contributed by atoms with Crippen LogP contribution in [0.1, 0.15) is 36.1 Å². The molecule has 0 aliphatic carbocycles. The molecule has 0 bridgehead atoms. The zero-order valence-corrected chi connectivity index (χ0v) is 17.6. The van der Waals surface area contributed by atoms with Gasteiger partial charge in [0.05, 0.1) is 21.4 Å². The first-order valence-corrected chi connectivity index (χ1v) is 9.31. The molecular formula is C19H18Cl2F6N2O2. The summed E-state index contributed by atoms with van der Waals surface area (Å²) in [6.07, 6.45) is -10.4. The maximum absolute atomic E-state index is 13.3. The summed E-state index contributed by atoms with van der Waals surface area (Å²) in [5.41, 5.74) is 2.32. The van der Waals surface area contributed by atoms with Gasteiger partial charge >= 0.3 is 12.4 Å². The standard InChI is InChI=1S/C19H18Cl2F6N2O2/c1-16(30,18(22,23)24)10-4-8(6-12(20)14(10)28)3-9-5-11(15(29)13(21)7-9)17(2,31)19(25,26)27/h4-7,30-31H,3,28-29H2,1-2H3. The van der Waals surface area contributed by atoms with E-state index in [4.69, 9.17) is 34.7 Å². The number of nitrogen functional groups attached to an aromatic ring is 2. The van der Waals surface area contributed by atoms with Gasteiger partial charge < -0.3 is 21.7 Å². The molecule has 0 fully saturated rings. The fourth-order valence-electron chi connectivity index (χ4n) is 2.90. The molecule has 0 aromatic heterocycles. The first-order valence-electron chi connectivity index (χ1n) is 8.55. The number of alkyl halides is 6. The van der Waals surface area contributed by atoms with Gasteiger partial charge in [0.2, 0.25) is 0 Å². The minimum Gasteiger partial charge on any atom is -0.397 e. The minimum absolute atomic E-state index is 0.0946. The highest BCUT2D eigenvalue weighted by atomic mass is 35.5. The Labute approximate surface area is 183 Å². The summed E-state index contributed by atoms with van der Waals surface area (Å²) < 4.78 is 79.6. The fraction of sp³-hybridized carbons (Fsp3) is 0.368. The van der Waals surface area contributed by atoms with Gasteiger partial charge in [-0.3, -0.25) is 0 Å². The first-order chi connectivity index (χ1) is 13.8. The average molecular weight is 491 g/mol. The van der Waals surface area contributed by atoms with Crippen LogP contribution < -0.4 is 11.5 Å². The van der Waals surface area contributed by atoms with Gasteiger partial charge in [-0.15, -0.1) is 0 Å². The average Bonchev–Trinajstić information content (AvgIpc) is 2.58. The Balaban J connectivity index is 2.61. The Kier molecular flexibility index (Phi) is 6.48. The summed E-state index contributed by atoms with van der Waals surface area (Å²) in [5, 5.41) is 19.4. The van der Waals surface area contributed by atoms with E-state index in [0.29, 0.717) is 13.8 Å².